The molecule has 1 fully saturated rings. The van der Waals surface area contributed by atoms with Crippen LogP contribution < -0.4 is 10.1 Å². The summed E-state index contributed by atoms with van der Waals surface area (Å²) in [5.74, 6) is -0.377. The van der Waals surface area contributed by atoms with Gasteiger partial charge in [-0.05, 0) is 59.3 Å². The SMILES string of the molecule is CC(=O)c1nn(CC(=O)N2C[C@H](F)C[C@H]2C(=O)Nc2cccc(Br)n2)c2ccc(Oc3ccc(C)nn3)cc12. The molecule has 1 aromatic carbocycles. The second-order valence-electron chi connectivity index (χ2n) is 9.09. The molecule has 2 amide bonds. The Balaban J connectivity index is 1.37. The molecular weight excluding hydrogens is 573 g/mol. The number of carbonyl (C=O) groups excluding carboxylic acids is 3. The van der Waals surface area contributed by atoms with E-state index in [1.54, 1.807) is 48.5 Å². The van der Waals surface area contributed by atoms with Crippen molar-refractivity contribution in [1.29, 1.82) is 0 Å². The van der Waals surface area contributed by atoms with Crippen LogP contribution >= 0.6 is 15.9 Å². The van der Waals surface area contributed by atoms with E-state index in [0.717, 1.165) is 5.69 Å². The fourth-order valence-corrected chi connectivity index (χ4v) is 4.72. The Hall–Kier alpha value is -4.26. The summed E-state index contributed by atoms with van der Waals surface area (Å²) in [6.45, 7) is 2.66. The number of halogens is 2. The molecule has 11 nitrogen and oxygen atoms in total. The average molecular weight is 596 g/mol. The molecule has 0 bridgehead atoms. The van der Waals surface area contributed by atoms with Crippen LogP contribution in [0, 0.1) is 6.92 Å². The molecule has 1 N–H and O–H groups in total. The number of nitrogens with one attached hydrogen (secondary N) is 1. The molecule has 5 rings (SSSR count). The van der Waals surface area contributed by atoms with E-state index >= 15 is 0 Å². The number of Topliss-reactive ketones (excluding diaryl/α,β-unsaturated/α-hetero) is 1. The molecule has 0 aliphatic carbocycles. The maximum Gasteiger partial charge on any atom is 0.248 e. The van der Waals surface area contributed by atoms with E-state index < -0.39 is 24.0 Å². The van der Waals surface area contributed by atoms with Gasteiger partial charge in [-0.2, -0.15) is 10.2 Å². The molecule has 1 aliphatic rings. The summed E-state index contributed by atoms with van der Waals surface area (Å²) in [5.41, 5.74) is 1.40. The van der Waals surface area contributed by atoms with Crippen molar-refractivity contribution in [3.05, 3.63) is 64.5 Å². The second-order valence-corrected chi connectivity index (χ2v) is 9.90. The zero-order chi connectivity index (χ0) is 27.7. The zero-order valence-electron chi connectivity index (χ0n) is 21.0. The summed E-state index contributed by atoms with van der Waals surface area (Å²) in [6.07, 6.45) is -1.49. The first-order chi connectivity index (χ1) is 18.7. The van der Waals surface area contributed by atoms with Gasteiger partial charge >= 0.3 is 0 Å². The molecular formula is C26H23BrFN7O4. The van der Waals surface area contributed by atoms with E-state index in [-0.39, 0.29) is 42.7 Å². The monoisotopic (exact) mass is 595 g/mol. The number of rotatable bonds is 7. The number of hydrogen-bond acceptors (Lipinski definition) is 8. The highest BCUT2D eigenvalue weighted by Crippen LogP contribution is 2.28. The number of pyridine rings is 1. The van der Waals surface area contributed by atoms with E-state index in [2.05, 4.69) is 41.5 Å². The van der Waals surface area contributed by atoms with Crippen LogP contribution in [0.3, 0.4) is 0 Å². The predicted octanol–water partition coefficient (Wildman–Crippen LogP) is 3.86. The number of anilines is 1. The standard InChI is InChI=1S/C26H23BrFN7O4/c1-14-6-9-23(32-31-14)39-17-7-8-19-18(11-17)25(15(2)36)33-35(19)13-24(37)34-12-16(28)10-20(34)26(38)30-22-5-3-4-21(27)29-22/h3-9,11,16,20H,10,12-13H2,1-2H3,(H,29,30,38)/t16-,20+/m1/s1. The van der Waals surface area contributed by atoms with Crippen molar-refractivity contribution < 1.29 is 23.5 Å². The van der Waals surface area contributed by atoms with Crippen molar-refractivity contribution in [2.75, 3.05) is 11.9 Å². The van der Waals surface area contributed by atoms with Crippen LogP contribution in [-0.2, 0) is 16.1 Å². The smallest absolute Gasteiger partial charge is 0.248 e. The lowest BCUT2D eigenvalue weighted by molar-refractivity contribution is -0.137. The minimum Gasteiger partial charge on any atom is -0.438 e. The first-order valence-electron chi connectivity index (χ1n) is 12.0. The van der Waals surface area contributed by atoms with Gasteiger partial charge in [0, 0.05) is 24.8 Å². The van der Waals surface area contributed by atoms with Gasteiger partial charge in [0.2, 0.25) is 17.7 Å². The fraction of sp³-hybridized carbons (Fsp3) is 0.269. The van der Waals surface area contributed by atoms with Gasteiger partial charge in [0.1, 0.15) is 40.6 Å². The van der Waals surface area contributed by atoms with Crippen LogP contribution in [-0.4, -0.2) is 66.2 Å². The van der Waals surface area contributed by atoms with Crippen molar-refractivity contribution >= 4 is 50.2 Å². The van der Waals surface area contributed by atoms with E-state index in [1.165, 1.54) is 16.5 Å². The van der Waals surface area contributed by atoms with Gasteiger partial charge in [-0.1, -0.05) is 6.07 Å². The third-order valence-corrected chi connectivity index (χ3v) is 6.62. The van der Waals surface area contributed by atoms with Gasteiger partial charge in [-0.25, -0.2) is 9.37 Å². The number of fused-ring (bicyclic) bond motifs is 1. The minimum absolute atomic E-state index is 0.132. The number of likely N-dealkylation sites (tertiary alicyclic amines) is 1. The number of nitrogens with zero attached hydrogens (tertiary/aromatic N) is 6. The summed E-state index contributed by atoms with van der Waals surface area (Å²) in [6, 6.07) is 12.4. The highest BCUT2D eigenvalue weighted by molar-refractivity contribution is 9.10. The first kappa shape index (κ1) is 26.4. The van der Waals surface area contributed by atoms with Crippen LogP contribution in [0.1, 0.15) is 29.5 Å². The number of benzene rings is 1. The lowest BCUT2D eigenvalue weighted by Crippen LogP contribution is -2.44. The molecule has 1 aliphatic heterocycles. The number of aromatic nitrogens is 5. The van der Waals surface area contributed by atoms with Gasteiger partial charge in [0.05, 0.1) is 17.8 Å². The number of ether oxygens (including phenoxy) is 1. The Bertz CT molecular complexity index is 1580. The third-order valence-electron chi connectivity index (χ3n) is 6.18. The topological polar surface area (TPSA) is 132 Å². The summed E-state index contributed by atoms with van der Waals surface area (Å²) in [5, 5.41) is 15.4. The summed E-state index contributed by atoms with van der Waals surface area (Å²) in [4.78, 5) is 44.0. The van der Waals surface area contributed by atoms with Crippen LogP contribution in [0.15, 0.2) is 53.1 Å². The van der Waals surface area contributed by atoms with Crippen molar-refractivity contribution in [2.45, 2.75) is 39.0 Å². The molecule has 0 unspecified atom stereocenters. The molecule has 0 radical (unpaired) electrons. The summed E-state index contributed by atoms with van der Waals surface area (Å²) >= 11 is 3.24. The van der Waals surface area contributed by atoms with Crippen LogP contribution in [0.2, 0.25) is 0 Å². The largest absolute Gasteiger partial charge is 0.438 e. The predicted molar refractivity (Wildman–Crippen MR) is 142 cm³/mol. The normalized spacial score (nSPS) is 16.9. The molecule has 2 atom stereocenters. The minimum atomic E-state index is -1.35. The van der Waals surface area contributed by atoms with E-state index in [0.29, 0.717) is 21.3 Å². The van der Waals surface area contributed by atoms with E-state index in [1.807, 2.05) is 6.92 Å². The van der Waals surface area contributed by atoms with Crippen LogP contribution in [0.4, 0.5) is 10.2 Å². The van der Waals surface area contributed by atoms with Crippen molar-refractivity contribution in [3.8, 4) is 11.6 Å². The van der Waals surface area contributed by atoms with Crippen molar-refractivity contribution in [1.82, 2.24) is 29.9 Å². The van der Waals surface area contributed by atoms with Gasteiger partial charge in [0.15, 0.2) is 5.78 Å². The van der Waals surface area contributed by atoms with Crippen molar-refractivity contribution in [3.63, 3.8) is 0 Å². The maximum absolute atomic E-state index is 14.4. The lowest BCUT2D eigenvalue weighted by atomic mass is 10.1. The molecule has 3 aromatic heterocycles. The average Bonchev–Trinajstić information content (AvgIpc) is 3.46. The molecule has 4 heterocycles. The van der Waals surface area contributed by atoms with Gasteiger partial charge in [-0.3, -0.25) is 19.1 Å². The molecule has 13 heteroatoms. The summed E-state index contributed by atoms with van der Waals surface area (Å²) < 4.78 is 22.1. The molecule has 1 saturated heterocycles. The highest BCUT2D eigenvalue weighted by atomic mass is 79.9. The number of alkyl halides is 1. The maximum atomic E-state index is 14.4. The van der Waals surface area contributed by atoms with E-state index in [9.17, 15) is 18.8 Å². The number of ketones is 1. The Kier molecular flexibility index (Phi) is 7.33. The molecule has 0 spiro atoms. The lowest BCUT2D eigenvalue weighted by Gasteiger charge is -2.23. The van der Waals surface area contributed by atoms with Gasteiger partial charge in [0.25, 0.3) is 0 Å². The van der Waals surface area contributed by atoms with Crippen LogP contribution in [0.5, 0.6) is 11.6 Å². The van der Waals surface area contributed by atoms with Gasteiger partial charge < -0.3 is 15.0 Å². The van der Waals surface area contributed by atoms with Gasteiger partial charge in [-0.15, -0.1) is 5.10 Å². The number of hydrogen-bond donors (Lipinski definition) is 1. The molecule has 200 valence electrons. The molecule has 4 aromatic rings. The summed E-state index contributed by atoms with van der Waals surface area (Å²) in [7, 11) is 0. The molecule has 0 saturated carbocycles. The molecule has 39 heavy (non-hydrogen) atoms. The Morgan fingerprint density at radius 1 is 1.15 bits per heavy atom. The highest BCUT2D eigenvalue weighted by Gasteiger charge is 2.40. The zero-order valence-corrected chi connectivity index (χ0v) is 22.6. The fourth-order valence-electron chi connectivity index (χ4n) is 4.38. The quantitative estimate of drug-likeness (QED) is 0.251. The second kappa shape index (κ2) is 10.8. The van der Waals surface area contributed by atoms with Crippen molar-refractivity contribution in [2.24, 2.45) is 0 Å². The number of amides is 2. The number of carbonyl (C=O) groups is 3. The first-order valence-corrected chi connectivity index (χ1v) is 12.8. The van der Waals surface area contributed by atoms with E-state index in [4.69, 9.17) is 4.74 Å². The van der Waals surface area contributed by atoms with Crippen LogP contribution in [0.25, 0.3) is 10.9 Å². The third kappa shape index (κ3) is 5.77. The number of aryl methyl sites for hydroxylation is 1. The Morgan fingerprint density at radius 3 is 2.69 bits per heavy atom. The Morgan fingerprint density at radius 2 is 1.97 bits per heavy atom. The Labute approximate surface area is 230 Å².